The Bertz CT molecular complexity index is 817. The number of nitrogens with zero attached hydrogens (tertiary/aromatic N) is 2. The van der Waals surface area contributed by atoms with E-state index >= 15 is 0 Å². The van der Waals surface area contributed by atoms with Crippen LogP contribution in [0.5, 0.6) is 0 Å². The number of hydrogen-bond donors (Lipinski definition) is 1. The average Bonchev–Trinajstić information content (AvgIpc) is 3.12. The van der Waals surface area contributed by atoms with Crippen LogP contribution < -0.4 is 0 Å². The summed E-state index contributed by atoms with van der Waals surface area (Å²) in [5.41, 5.74) is 1.95. The number of aromatic carboxylic acids is 1. The maximum absolute atomic E-state index is 12.9. The second-order valence-corrected chi connectivity index (χ2v) is 8.00. The number of hydrogen-bond acceptors (Lipinski definition) is 2. The molecule has 1 fully saturated rings. The van der Waals surface area contributed by atoms with E-state index in [0.29, 0.717) is 17.7 Å². The first-order chi connectivity index (χ1) is 12.3. The lowest BCUT2D eigenvalue weighted by Crippen LogP contribution is -2.39. The lowest BCUT2D eigenvalue weighted by Gasteiger charge is -2.33. The van der Waals surface area contributed by atoms with Crippen LogP contribution in [0.4, 0.5) is 0 Å². The van der Waals surface area contributed by atoms with Crippen molar-refractivity contribution >= 4 is 11.9 Å². The largest absolute Gasteiger partial charge is 0.478 e. The van der Waals surface area contributed by atoms with Crippen LogP contribution in [0.15, 0.2) is 42.7 Å². The second kappa shape index (κ2) is 6.98. The smallest absolute Gasteiger partial charge is 0.335 e. The van der Waals surface area contributed by atoms with Crippen LogP contribution >= 0.6 is 0 Å². The van der Waals surface area contributed by atoms with Gasteiger partial charge in [-0.3, -0.25) is 4.79 Å². The van der Waals surface area contributed by atoms with Crippen LogP contribution in [0, 0.1) is 0 Å². The molecule has 1 aliphatic rings. The summed E-state index contributed by atoms with van der Waals surface area (Å²) in [7, 11) is 0. The molecule has 0 bridgehead atoms. The van der Waals surface area contributed by atoms with Gasteiger partial charge in [0, 0.05) is 36.9 Å². The van der Waals surface area contributed by atoms with Gasteiger partial charge in [-0.05, 0) is 57.4 Å². The molecule has 1 N–H and O–H groups in total. The summed E-state index contributed by atoms with van der Waals surface area (Å²) in [5, 5.41) is 9.20. The summed E-state index contributed by atoms with van der Waals surface area (Å²) in [4.78, 5) is 26.0. The maximum Gasteiger partial charge on any atom is 0.335 e. The number of likely N-dealkylation sites (tertiary alicyclic amines) is 1. The fraction of sp³-hybridized carbons (Fsp3) is 0.429. The molecule has 1 aromatic carbocycles. The molecule has 138 valence electrons. The number of benzene rings is 1. The van der Waals surface area contributed by atoms with E-state index in [9.17, 15) is 14.7 Å². The molecule has 1 saturated heterocycles. The third-order valence-corrected chi connectivity index (χ3v) is 5.03. The van der Waals surface area contributed by atoms with Gasteiger partial charge in [0.05, 0.1) is 11.1 Å². The molecule has 0 aliphatic carbocycles. The number of aromatic nitrogens is 1. The van der Waals surface area contributed by atoms with Crippen molar-refractivity contribution in [3.63, 3.8) is 0 Å². The van der Waals surface area contributed by atoms with Crippen molar-refractivity contribution in [1.29, 1.82) is 0 Å². The van der Waals surface area contributed by atoms with Crippen LogP contribution in [0.2, 0.25) is 0 Å². The van der Waals surface area contributed by atoms with Crippen LogP contribution in [-0.2, 0) is 5.54 Å². The topological polar surface area (TPSA) is 62.5 Å². The molecule has 26 heavy (non-hydrogen) atoms. The zero-order chi connectivity index (χ0) is 18.9. The van der Waals surface area contributed by atoms with Gasteiger partial charge in [-0.2, -0.15) is 0 Å². The van der Waals surface area contributed by atoms with E-state index in [1.54, 1.807) is 18.2 Å². The van der Waals surface area contributed by atoms with E-state index in [1.165, 1.54) is 0 Å². The Hall–Kier alpha value is -2.56. The highest BCUT2D eigenvalue weighted by atomic mass is 16.4. The molecule has 1 amide bonds. The molecule has 2 aromatic rings. The minimum atomic E-state index is -0.917. The first kappa shape index (κ1) is 18.2. The van der Waals surface area contributed by atoms with Crippen molar-refractivity contribution in [1.82, 2.24) is 9.47 Å². The number of carbonyl (C=O) groups is 2. The highest BCUT2D eigenvalue weighted by molar-refractivity contribution is 5.94. The highest BCUT2D eigenvalue weighted by Crippen LogP contribution is 2.28. The predicted molar refractivity (Wildman–Crippen MR) is 101 cm³/mol. The van der Waals surface area contributed by atoms with Crippen molar-refractivity contribution < 1.29 is 14.7 Å². The van der Waals surface area contributed by atoms with Gasteiger partial charge in [-0.1, -0.05) is 12.1 Å². The Labute approximate surface area is 154 Å². The summed E-state index contributed by atoms with van der Waals surface area (Å²) in [5.74, 6) is -0.692. The molecule has 5 nitrogen and oxygen atoms in total. The van der Waals surface area contributed by atoms with Gasteiger partial charge < -0.3 is 14.6 Å². The molecule has 0 spiro atoms. The molecule has 0 radical (unpaired) electrons. The minimum absolute atomic E-state index is 0.0482. The summed E-state index contributed by atoms with van der Waals surface area (Å²) in [6.45, 7) is 7.69. The molecule has 1 atom stereocenters. The maximum atomic E-state index is 12.9. The zero-order valence-corrected chi connectivity index (χ0v) is 15.6. The van der Waals surface area contributed by atoms with Crippen LogP contribution in [0.1, 0.15) is 65.8 Å². The third kappa shape index (κ3) is 3.82. The van der Waals surface area contributed by atoms with Gasteiger partial charge in [0.1, 0.15) is 0 Å². The zero-order valence-electron chi connectivity index (χ0n) is 15.6. The number of carbonyl (C=O) groups excluding carboxylic acids is 1. The second-order valence-electron chi connectivity index (χ2n) is 8.00. The van der Waals surface area contributed by atoms with Gasteiger partial charge >= 0.3 is 5.97 Å². The van der Waals surface area contributed by atoms with E-state index in [2.05, 4.69) is 25.3 Å². The Balaban J connectivity index is 1.76. The summed E-state index contributed by atoms with van der Waals surface area (Å²) < 4.78 is 2.05. The van der Waals surface area contributed by atoms with Crippen molar-refractivity contribution in [2.75, 3.05) is 13.1 Å². The Kier molecular flexibility index (Phi) is 4.90. The molecule has 3 rings (SSSR count). The van der Waals surface area contributed by atoms with Gasteiger partial charge in [-0.15, -0.1) is 0 Å². The van der Waals surface area contributed by atoms with Crippen LogP contribution in [0.3, 0.4) is 0 Å². The number of piperidine rings is 1. The quantitative estimate of drug-likeness (QED) is 0.907. The van der Waals surface area contributed by atoms with Crippen molar-refractivity contribution in [2.45, 2.75) is 45.1 Å². The lowest BCUT2D eigenvalue weighted by atomic mass is 9.89. The van der Waals surface area contributed by atoms with Gasteiger partial charge in [0.15, 0.2) is 0 Å². The average molecular weight is 354 g/mol. The number of carboxylic acids is 1. The monoisotopic (exact) mass is 354 g/mol. The molecule has 0 saturated carbocycles. The fourth-order valence-electron chi connectivity index (χ4n) is 3.48. The molecule has 1 unspecified atom stereocenters. The molecule has 2 heterocycles. The number of rotatable bonds is 3. The fourth-order valence-corrected chi connectivity index (χ4v) is 3.48. The van der Waals surface area contributed by atoms with E-state index in [1.807, 2.05) is 29.4 Å². The summed E-state index contributed by atoms with van der Waals surface area (Å²) in [6, 6.07) is 8.95. The molecule has 5 heteroatoms. The van der Waals surface area contributed by atoms with Gasteiger partial charge in [-0.25, -0.2) is 4.79 Å². The highest BCUT2D eigenvalue weighted by Gasteiger charge is 2.27. The van der Waals surface area contributed by atoms with E-state index < -0.39 is 5.97 Å². The minimum Gasteiger partial charge on any atom is -0.478 e. The Morgan fingerprint density at radius 2 is 1.92 bits per heavy atom. The number of carboxylic acid groups (broad SMARTS) is 1. The third-order valence-electron chi connectivity index (χ3n) is 5.03. The SMILES string of the molecule is CC(C)(C)n1ccc(C(=O)N2CCCC(c3cccc(C(=O)O)c3)C2)c1. The molecular formula is C21H26N2O3. The first-order valence-electron chi connectivity index (χ1n) is 9.07. The van der Waals surface area contributed by atoms with Crippen molar-refractivity contribution in [2.24, 2.45) is 0 Å². The Morgan fingerprint density at radius 3 is 2.58 bits per heavy atom. The van der Waals surface area contributed by atoms with Gasteiger partial charge in [0.25, 0.3) is 5.91 Å². The molecular weight excluding hydrogens is 328 g/mol. The lowest BCUT2D eigenvalue weighted by molar-refractivity contribution is 0.0687. The Morgan fingerprint density at radius 1 is 1.15 bits per heavy atom. The molecule has 1 aromatic heterocycles. The van der Waals surface area contributed by atoms with Crippen LogP contribution in [-0.4, -0.2) is 39.5 Å². The summed E-state index contributed by atoms with van der Waals surface area (Å²) in [6.07, 6.45) is 5.76. The van der Waals surface area contributed by atoms with Crippen LogP contribution in [0.25, 0.3) is 0 Å². The molecule has 1 aliphatic heterocycles. The summed E-state index contributed by atoms with van der Waals surface area (Å²) >= 11 is 0. The van der Waals surface area contributed by atoms with Gasteiger partial charge in [0.2, 0.25) is 0 Å². The standard InChI is InChI=1S/C21H26N2O3/c1-21(2,3)23-11-9-18(14-23)19(24)22-10-5-8-17(13-22)15-6-4-7-16(12-15)20(25)26/h4,6-7,9,11-12,14,17H,5,8,10,13H2,1-3H3,(H,25,26). The predicted octanol–water partition coefficient (Wildman–Crippen LogP) is 3.96. The van der Waals surface area contributed by atoms with E-state index in [4.69, 9.17) is 0 Å². The van der Waals surface area contributed by atoms with E-state index in [0.717, 1.165) is 24.9 Å². The van der Waals surface area contributed by atoms with Crippen molar-refractivity contribution in [3.05, 3.63) is 59.4 Å². The van der Waals surface area contributed by atoms with E-state index in [-0.39, 0.29) is 17.4 Å². The normalized spacial score (nSPS) is 18.0. The first-order valence-corrected chi connectivity index (χ1v) is 9.07. The number of amides is 1. The van der Waals surface area contributed by atoms with Crippen molar-refractivity contribution in [3.8, 4) is 0 Å².